The second-order valence-electron chi connectivity index (χ2n) is 3.46. The van der Waals surface area contributed by atoms with Crippen molar-refractivity contribution >= 4 is 24.8 Å². The molecule has 12 heavy (non-hydrogen) atoms. The second-order valence-corrected chi connectivity index (χ2v) is 3.46. The summed E-state index contributed by atoms with van der Waals surface area (Å²) in [7, 11) is 0. The molecule has 0 amide bonds. The van der Waals surface area contributed by atoms with Crippen molar-refractivity contribution in [1.82, 2.24) is 10.6 Å². The van der Waals surface area contributed by atoms with Crippen molar-refractivity contribution in [2.45, 2.75) is 25.3 Å². The first-order valence-corrected chi connectivity index (χ1v) is 4.41. The highest BCUT2D eigenvalue weighted by molar-refractivity contribution is 5.85. The highest BCUT2D eigenvalue weighted by Gasteiger charge is 2.26. The van der Waals surface area contributed by atoms with Gasteiger partial charge in [-0.25, -0.2) is 0 Å². The van der Waals surface area contributed by atoms with Gasteiger partial charge in [0, 0.05) is 12.6 Å². The van der Waals surface area contributed by atoms with Crippen LogP contribution in [0.25, 0.3) is 0 Å². The maximum absolute atomic E-state index is 3.56. The average Bonchev–Trinajstić information content (AvgIpc) is 2.05. The van der Waals surface area contributed by atoms with E-state index in [1.165, 1.54) is 38.9 Å². The third kappa shape index (κ3) is 2.77. The number of nitrogens with one attached hydrogen (secondary N) is 2. The van der Waals surface area contributed by atoms with E-state index in [1.807, 2.05) is 0 Å². The molecule has 0 saturated carbocycles. The first-order chi connectivity index (χ1) is 4.97. The molecule has 2 fully saturated rings. The van der Waals surface area contributed by atoms with Crippen LogP contribution in [0.2, 0.25) is 0 Å². The van der Waals surface area contributed by atoms with Crippen LogP contribution in [0.3, 0.4) is 0 Å². The van der Waals surface area contributed by atoms with Crippen molar-refractivity contribution in [3.05, 3.63) is 0 Å². The predicted molar refractivity (Wildman–Crippen MR) is 56.5 cm³/mol. The zero-order valence-corrected chi connectivity index (χ0v) is 8.85. The Kier molecular flexibility index (Phi) is 6.28. The predicted octanol–water partition coefficient (Wildman–Crippen LogP) is 1.19. The fraction of sp³-hybridized carbons (Fsp3) is 1.00. The van der Waals surface area contributed by atoms with Crippen LogP contribution in [0, 0.1) is 5.92 Å². The summed E-state index contributed by atoms with van der Waals surface area (Å²) in [6, 6.07) is 0.794. The van der Waals surface area contributed by atoms with Crippen molar-refractivity contribution in [3.63, 3.8) is 0 Å². The van der Waals surface area contributed by atoms with E-state index in [1.54, 1.807) is 0 Å². The van der Waals surface area contributed by atoms with Gasteiger partial charge in [0.05, 0.1) is 0 Å². The third-order valence-corrected chi connectivity index (χ3v) is 2.78. The molecule has 0 unspecified atom stereocenters. The number of piperidine rings is 2. The topological polar surface area (TPSA) is 24.1 Å². The normalized spacial score (nSPS) is 34.0. The van der Waals surface area contributed by atoms with Crippen LogP contribution in [-0.2, 0) is 0 Å². The lowest BCUT2D eigenvalue weighted by Crippen LogP contribution is -2.51. The fourth-order valence-corrected chi connectivity index (χ4v) is 2.15. The van der Waals surface area contributed by atoms with Crippen LogP contribution in [0.5, 0.6) is 0 Å². The Morgan fingerprint density at radius 2 is 1.83 bits per heavy atom. The van der Waals surface area contributed by atoms with Gasteiger partial charge in [-0.05, 0) is 38.3 Å². The molecule has 0 aromatic carbocycles. The average molecular weight is 213 g/mol. The zero-order chi connectivity index (χ0) is 6.81. The van der Waals surface area contributed by atoms with E-state index in [4.69, 9.17) is 0 Å². The van der Waals surface area contributed by atoms with E-state index in [9.17, 15) is 0 Å². The van der Waals surface area contributed by atoms with E-state index in [-0.39, 0.29) is 24.8 Å². The Bertz CT molecular complexity index is 95.6. The molecule has 0 aromatic rings. The van der Waals surface area contributed by atoms with Crippen LogP contribution < -0.4 is 10.6 Å². The minimum Gasteiger partial charge on any atom is -0.315 e. The number of fused-ring (bicyclic) bond motifs is 1. The maximum atomic E-state index is 3.56. The van der Waals surface area contributed by atoms with Gasteiger partial charge < -0.3 is 10.6 Å². The smallest absolute Gasteiger partial charge is 0.0221 e. The summed E-state index contributed by atoms with van der Waals surface area (Å²) in [5.74, 6) is 0.981. The van der Waals surface area contributed by atoms with E-state index in [0.29, 0.717) is 0 Å². The quantitative estimate of drug-likeness (QED) is 0.631. The summed E-state index contributed by atoms with van der Waals surface area (Å²) in [4.78, 5) is 0. The Hall–Kier alpha value is 0.500. The first-order valence-electron chi connectivity index (χ1n) is 4.41. The van der Waals surface area contributed by atoms with Gasteiger partial charge in [-0.15, -0.1) is 24.8 Å². The van der Waals surface area contributed by atoms with Crippen LogP contribution in [0.4, 0.5) is 0 Å². The maximum Gasteiger partial charge on any atom is 0.0221 e. The van der Waals surface area contributed by atoms with Gasteiger partial charge in [-0.2, -0.15) is 0 Å². The highest BCUT2D eigenvalue weighted by Crippen LogP contribution is 2.21. The molecule has 2 aliphatic heterocycles. The van der Waals surface area contributed by atoms with Crippen molar-refractivity contribution in [3.8, 4) is 0 Å². The van der Waals surface area contributed by atoms with Crippen molar-refractivity contribution < 1.29 is 0 Å². The third-order valence-electron chi connectivity index (χ3n) is 2.78. The number of hydrogen-bond donors (Lipinski definition) is 2. The molecule has 2 nitrogen and oxygen atoms in total. The zero-order valence-electron chi connectivity index (χ0n) is 7.21. The molecule has 2 N–H and O–H groups in total. The van der Waals surface area contributed by atoms with Crippen molar-refractivity contribution in [2.75, 3.05) is 19.6 Å². The van der Waals surface area contributed by atoms with Crippen molar-refractivity contribution in [2.24, 2.45) is 5.92 Å². The van der Waals surface area contributed by atoms with Gasteiger partial charge in [-0.3, -0.25) is 0 Å². The van der Waals surface area contributed by atoms with Crippen LogP contribution in [0.15, 0.2) is 0 Å². The molecular weight excluding hydrogens is 195 g/mol. The molecule has 2 aliphatic rings. The van der Waals surface area contributed by atoms with Gasteiger partial charge in [0.2, 0.25) is 0 Å². The van der Waals surface area contributed by atoms with Crippen molar-refractivity contribution in [1.29, 1.82) is 0 Å². The highest BCUT2D eigenvalue weighted by atomic mass is 35.5. The minimum absolute atomic E-state index is 0. The molecule has 0 aliphatic carbocycles. The Morgan fingerprint density at radius 3 is 2.58 bits per heavy atom. The minimum atomic E-state index is 0. The molecule has 4 heteroatoms. The summed E-state index contributed by atoms with van der Waals surface area (Å²) >= 11 is 0. The standard InChI is InChI=1S/C8H16N2.2ClH/c1-2-7-3-5-9-6-8(7)10-4-1;;/h7-10H,1-6H2;2*1H/t7-,8+;;/m1../s1. The number of halogens is 2. The molecule has 2 rings (SSSR count). The van der Waals surface area contributed by atoms with Gasteiger partial charge in [0.25, 0.3) is 0 Å². The van der Waals surface area contributed by atoms with Gasteiger partial charge in [0.1, 0.15) is 0 Å². The largest absolute Gasteiger partial charge is 0.315 e. The van der Waals surface area contributed by atoms with Gasteiger partial charge in [0.15, 0.2) is 0 Å². The Morgan fingerprint density at radius 1 is 1.00 bits per heavy atom. The lowest BCUT2D eigenvalue weighted by molar-refractivity contribution is 0.225. The second kappa shape index (κ2) is 6.03. The van der Waals surface area contributed by atoms with Crippen LogP contribution in [0.1, 0.15) is 19.3 Å². The lowest BCUT2D eigenvalue weighted by Gasteiger charge is -2.36. The summed E-state index contributed by atoms with van der Waals surface area (Å²) in [5, 5.41) is 6.98. The monoisotopic (exact) mass is 212 g/mol. The van der Waals surface area contributed by atoms with Gasteiger partial charge in [-0.1, -0.05) is 0 Å². The fourth-order valence-electron chi connectivity index (χ4n) is 2.15. The molecule has 0 aromatic heterocycles. The molecule has 2 heterocycles. The summed E-state index contributed by atoms with van der Waals surface area (Å²) in [5.41, 5.74) is 0. The molecule has 74 valence electrons. The van der Waals surface area contributed by atoms with Crippen LogP contribution in [-0.4, -0.2) is 25.7 Å². The molecule has 2 atom stereocenters. The number of rotatable bonds is 0. The van der Waals surface area contributed by atoms with E-state index < -0.39 is 0 Å². The molecule has 2 saturated heterocycles. The molecule has 0 radical (unpaired) electrons. The Labute approximate surface area is 86.7 Å². The van der Waals surface area contributed by atoms with E-state index >= 15 is 0 Å². The summed E-state index contributed by atoms with van der Waals surface area (Å²) in [6.07, 6.45) is 4.23. The molecular formula is C8H18Cl2N2. The molecule has 0 spiro atoms. The van der Waals surface area contributed by atoms with E-state index in [0.717, 1.165) is 12.0 Å². The van der Waals surface area contributed by atoms with Gasteiger partial charge >= 0.3 is 0 Å². The lowest BCUT2D eigenvalue weighted by atomic mass is 9.86. The van der Waals surface area contributed by atoms with E-state index in [2.05, 4.69) is 10.6 Å². The number of hydrogen-bond acceptors (Lipinski definition) is 2. The Balaban J connectivity index is 0.000000605. The van der Waals surface area contributed by atoms with Crippen LogP contribution >= 0.6 is 24.8 Å². The summed E-state index contributed by atoms with van der Waals surface area (Å²) < 4.78 is 0. The summed E-state index contributed by atoms with van der Waals surface area (Å²) in [6.45, 7) is 3.68. The molecule has 0 bridgehead atoms. The first kappa shape index (κ1) is 12.5. The SMILES string of the molecule is C1CN[C@H]2CNCC[C@H]2C1.Cl.Cl.